The molecule has 0 heterocycles. The lowest BCUT2D eigenvalue weighted by atomic mass is 10.2. The van der Waals surface area contributed by atoms with E-state index in [0.29, 0.717) is 29.4 Å². The van der Waals surface area contributed by atoms with Gasteiger partial charge in [-0.3, -0.25) is 4.79 Å². The van der Waals surface area contributed by atoms with E-state index in [0.717, 1.165) is 18.4 Å². The molecule has 2 N–H and O–H groups in total. The summed E-state index contributed by atoms with van der Waals surface area (Å²) in [6, 6.07) is 6.33. The third-order valence-corrected chi connectivity index (χ3v) is 3.34. The molecule has 1 aromatic rings. The van der Waals surface area contributed by atoms with Crippen molar-refractivity contribution in [1.82, 2.24) is 10.6 Å². The van der Waals surface area contributed by atoms with E-state index in [2.05, 4.69) is 24.5 Å². The molecule has 20 heavy (non-hydrogen) atoms. The van der Waals surface area contributed by atoms with Crippen LogP contribution < -0.4 is 15.4 Å². The van der Waals surface area contributed by atoms with Crippen LogP contribution in [0.25, 0.3) is 0 Å². The molecule has 1 amide bonds. The van der Waals surface area contributed by atoms with E-state index >= 15 is 0 Å². The van der Waals surface area contributed by atoms with E-state index in [1.165, 1.54) is 0 Å². The zero-order valence-corrected chi connectivity index (χ0v) is 12.7. The van der Waals surface area contributed by atoms with Gasteiger partial charge in [-0.05, 0) is 18.9 Å². The molecule has 110 valence electrons. The van der Waals surface area contributed by atoms with Gasteiger partial charge in [-0.25, -0.2) is 0 Å². The van der Waals surface area contributed by atoms with Crippen molar-refractivity contribution in [3.8, 4) is 5.75 Å². The third kappa shape index (κ3) is 4.69. The highest BCUT2D eigenvalue weighted by atomic mass is 35.5. The molecule has 5 heteroatoms. The number of hydrogen-bond donors (Lipinski definition) is 2. The van der Waals surface area contributed by atoms with Crippen molar-refractivity contribution in [2.24, 2.45) is 0 Å². The van der Waals surface area contributed by atoms with Crippen LogP contribution in [0.4, 0.5) is 0 Å². The molecular weight excluding hydrogens is 276 g/mol. The Bertz CT molecular complexity index is 473. The lowest BCUT2D eigenvalue weighted by Gasteiger charge is -2.15. The fourth-order valence-electron chi connectivity index (χ4n) is 1.80. The van der Waals surface area contributed by atoms with E-state index in [1.807, 2.05) is 12.1 Å². The van der Waals surface area contributed by atoms with Crippen LogP contribution in [0.2, 0.25) is 5.02 Å². The Balaban J connectivity index is 1.95. The summed E-state index contributed by atoms with van der Waals surface area (Å²) in [5.74, 6) is 0.503. The van der Waals surface area contributed by atoms with Gasteiger partial charge >= 0.3 is 0 Å². The minimum atomic E-state index is -0.0878. The first kappa shape index (κ1) is 15.1. The van der Waals surface area contributed by atoms with Crippen molar-refractivity contribution in [2.75, 3.05) is 6.61 Å². The van der Waals surface area contributed by atoms with Gasteiger partial charge in [0.05, 0.1) is 5.02 Å². The van der Waals surface area contributed by atoms with E-state index in [1.54, 1.807) is 6.07 Å². The van der Waals surface area contributed by atoms with Crippen molar-refractivity contribution >= 4 is 17.5 Å². The predicted octanol–water partition coefficient (Wildman–Crippen LogP) is 2.50. The number of rotatable bonds is 7. The maximum Gasteiger partial charge on any atom is 0.258 e. The van der Waals surface area contributed by atoms with Crippen LogP contribution in [0.5, 0.6) is 5.75 Å². The summed E-state index contributed by atoms with van der Waals surface area (Å²) >= 11 is 6.16. The number of carbonyl (C=O) groups is 1. The fourth-order valence-corrected chi connectivity index (χ4v) is 2.05. The number of amides is 1. The summed E-state index contributed by atoms with van der Waals surface area (Å²) in [5, 5.41) is 6.75. The quantitative estimate of drug-likeness (QED) is 0.813. The van der Waals surface area contributed by atoms with Crippen LogP contribution in [0.1, 0.15) is 32.3 Å². The molecule has 0 aromatic heterocycles. The maximum absolute atomic E-state index is 11.7. The van der Waals surface area contributed by atoms with Gasteiger partial charge < -0.3 is 15.4 Å². The topological polar surface area (TPSA) is 50.4 Å². The normalized spacial score (nSPS) is 14.4. The van der Waals surface area contributed by atoms with Crippen LogP contribution in [0.3, 0.4) is 0 Å². The Hall–Kier alpha value is -1.26. The van der Waals surface area contributed by atoms with Crippen LogP contribution in [-0.4, -0.2) is 24.6 Å². The van der Waals surface area contributed by atoms with Gasteiger partial charge in [0.15, 0.2) is 6.61 Å². The number of halogens is 1. The second-order valence-corrected chi connectivity index (χ2v) is 5.80. The summed E-state index contributed by atoms with van der Waals surface area (Å²) in [5.41, 5.74) is 0.963. The van der Waals surface area contributed by atoms with Crippen LogP contribution in [0, 0.1) is 0 Å². The molecule has 0 radical (unpaired) electrons. The van der Waals surface area contributed by atoms with E-state index in [9.17, 15) is 4.79 Å². The van der Waals surface area contributed by atoms with Gasteiger partial charge in [-0.15, -0.1) is 0 Å². The molecule has 1 saturated carbocycles. The molecule has 0 bridgehead atoms. The molecule has 0 unspecified atom stereocenters. The minimum Gasteiger partial charge on any atom is -0.482 e. The first-order valence-electron chi connectivity index (χ1n) is 6.99. The zero-order valence-electron chi connectivity index (χ0n) is 11.9. The second-order valence-electron chi connectivity index (χ2n) is 5.39. The largest absolute Gasteiger partial charge is 0.482 e. The molecule has 2 rings (SSSR count). The van der Waals surface area contributed by atoms with Gasteiger partial charge in [0.2, 0.25) is 0 Å². The maximum atomic E-state index is 11.7. The SMILES string of the molecule is CC(C)NCc1cccc(Cl)c1OCC(=O)NC1CC1. The molecule has 0 atom stereocenters. The molecule has 4 nitrogen and oxygen atoms in total. The molecule has 1 fully saturated rings. The predicted molar refractivity (Wildman–Crippen MR) is 80.1 cm³/mol. The Morgan fingerprint density at radius 1 is 1.45 bits per heavy atom. The summed E-state index contributed by atoms with van der Waals surface area (Å²) in [6.07, 6.45) is 2.14. The van der Waals surface area contributed by atoms with E-state index in [4.69, 9.17) is 16.3 Å². The lowest BCUT2D eigenvalue weighted by molar-refractivity contribution is -0.123. The Morgan fingerprint density at radius 3 is 2.85 bits per heavy atom. The number of para-hydroxylation sites is 1. The molecular formula is C15H21ClN2O2. The number of hydrogen-bond acceptors (Lipinski definition) is 3. The zero-order chi connectivity index (χ0) is 14.5. The van der Waals surface area contributed by atoms with Crippen LogP contribution in [0.15, 0.2) is 18.2 Å². The Labute approximate surface area is 124 Å². The first-order chi connectivity index (χ1) is 9.56. The Kier molecular flexibility index (Phi) is 5.26. The molecule has 0 spiro atoms. The summed E-state index contributed by atoms with van der Waals surface area (Å²) in [7, 11) is 0. The number of carbonyl (C=O) groups excluding carboxylic acids is 1. The van der Waals surface area contributed by atoms with Crippen molar-refractivity contribution < 1.29 is 9.53 Å². The van der Waals surface area contributed by atoms with Crippen molar-refractivity contribution in [3.05, 3.63) is 28.8 Å². The van der Waals surface area contributed by atoms with Gasteiger partial charge in [-0.2, -0.15) is 0 Å². The summed E-state index contributed by atoms with van der Waals surface area (Å²) < 4.78 is 5.61. The fraction of sp³-hybridized carbons (Fsp3) is 0.533. The standard InChI is InChI=1S/C15H21ClN2O2/c1-10(2)17-8-11-4-3-5-13(16)15(11)20-9-14(19)18-12-6-7-12/h3-5,10,12,17H,6-9H2,1-2H3,(H,18,19). The molecule has 0 aliphatic heterocycles. The van der Waals surface area contributed by atoms with Crippen LogP contribution in [-0.2, 0) is 11.3 Å². The average Bonchev–Trinajstić information content (AvgIpc) is 3.19. The van der Waals surface area contributed by atoms with Gasteiger partial charge in [0.1, 0.15) is 5.75 Å². The van der Waals surface area contributed by atoms with Gasteiger partial charge in [0, 0.05) is 24.2 Å². The molecule has 0 saturated heterocycles. The minimum absolute atomic E-state index is 0.00884. The highest BCUT2D eigenvalue weighted by Gasteiger charge is 2.23. The van der Waals surface area contributed by atoms with Crippen molar-refractivity contribution in [2.45, 2.75) is 45.3 Å². The van der Waals surface area contributed by atoms with Crippen molar-refractivity contribution in [1.29, 1.82) is 0 Å². The summed E-state index contributed by atoms with van der Waals surface area (Å²) in [6.45, 7) is 4.83. The highest BCUT2D eigenvalue weighted by molar-refractivity contribution is 6.32. The number of ether oxygens (including phenoxy) is 1. The van der Waals surface area contributed by atoms with Gasteiger partial charge in [0.25, 0.3) is 5.91 Å². The second kappa shape index (κ2) is 6.95. The summed E-state index contributed by atoms with van der Waals surface area (Å²) in [4.78, 5) is 11.7. The van der Waals surface area contributed by atoms with E-state index in [-0.39, 0.29) is 12.5 Å². The molecule has 1 aliphatic rings. The average molecular weight is 297 g/mol. The highest BCUT2D eigenvalue weighted by Crippen LogP contribution is 2.28. The number of nitrogens with one attached hydrogen (secondary N) is 2. The van der Waals surface area contributed by atoms with Crippen LogP contribution >= 0.6 is 11.6 Å². The lowest BCUT2D eigenvalue weighted by Crippen LogP contribution is -2.31. The molecule has 1 aromatic carbocycles. The van der Waals surface area contributed by atoms with Crippen molar-refractivity contribution in [3.63, 3.8) is 0 Å². The van der Waals surface area contributed by atoms with Gasteiger partial charge in [-0.1, -0.05) is 37.6 Å². The smallest absolute Gasteiger partial charge is 0.258 e. The third-order valence-electron chi connectivity index (χ3n) is 3.04. The van der Waals surface area contributed by atoms with E-state index < -0.39 is 0 Å². The monoisotopic (exact) mass is 296 g/mol. The molecule has 1 aliphatic carbocycles. The number of benzene rings is 1. The first-order valence-corrected chi connectivity index (χ1v) is 7.37. The Morgan fingerprint density at radius 2 is 2.20 bits per heavy atom.